The van der Waals surface area contributed by atoms with E-state index in [1.165, 1.54) is 11.3 Å². The molecule has 2 aromatic heterocycles. The summed E-state index contributed by atoms with van der Waals surface area (Å²) in [5.41, 5.74) is 7.53. The lowest BCUT2D eigenvalue weighted by molar-refractivity contribution is 0.664. The van der Waals surface area contributed by atoms with E-state index < -0.39 is 0 Å². The highest BCUT2D eigenvalue weighted by molar-refractivity contribution is 7.13. The third-order valence-electron chi connectivity index (χ3n) is 2.26. The van der Waals surface area contributed by atoms with Crippen molar-refractivity contribution in [3.63, 3.8) is 0 Å². The predicted octanol–water partition coefficient (Wildman–Crippen LogP) is 1.37. The lowest BCUT2D eigenvalue weighted by Gasteiger charge is -2.03. The van der Waals surface area contributed by atoms with Gasteiger partial charge in [-0.25, -0.2) is 15.0 Å². The van der Waals surface area contributed by atoms with E-state index in [-0.39, 0.29) is 0 Å². The van der Waals surface area contributed by atoms with E-state index >= 15 is 0 Å². The van der Waals surface area contributed by atoms with Crippen LogP contribution in [0.4, 0.5) is 5.13 Å². The Morgan fingerprint density at radius 2 is 2.12 bits per heavy atom. The van der Waals surface area contributed by atoms with Gasteiger partial charge in [-0.1, -0.05) is 6.92 Å². The maximum atomic E-state index is 5.56. The zero-order valence-electron chi connectivity index (χ0n) is 9.68. The number of nitrogen functional groups attached to an aromatic ring is 1. The molecule has 0 amide bonds. The highest BCUT2D eigenvalue weighted by Crippen LogP contribution is 2.10. The Kier molecular flexibility index (Phi) is 4.00. The number of rotatable bonds is 5. The van der Waals surface area contributed by atoms with E-state index in [4.69, 9.17) is 5.73 Å². The monoisotopic (exact) mass is 249 g/mol. The number of nitrogens with two attached hydrogens (primary N) is 1. The SMILES string of the molecule is CCc1nccc(CNCc2csc(N)n2)n1. The number of anilines is 1. The fourth-order valence-corrected chi connectivity index (χ4v) is 2.00. The molecule has 0 fully saturated rings. The molecule has 3 N–H and O–H groups in total. The highest BCUT2D eigenvalue weighted by Gasteiger charge is 2.00. The van der Waals surface area contributed by atoms with Crippen molar-refractivity contribution >= 4 is 16.5 Å². The number of hydrogen-bond donors (Lipinski definition) is 2. The number of nitrogens with zero attached hydrogens (tertiary/aromatic N) is 3. The van der Waals surface area contributed by atoms with E-state index in [9.17, 15) is 0 Å². The molecule has 0 aromatic carbocycles. The molecule has 90 valence electrons. The third-order valence-corrected chi connectivity index (χ3v) is 2.98. The predicted molar refractivity (Wildman–Crippen MR) is 68.5 cm³/mol. The van der Waals surface area contributed by atoms with Crippen LogP contribution in [-0.4, -0.2) is 15.0 Å². The summed E-state index contributed by atoms with van der Waals surface area (Å²) >= 11 is 1.46. The molecule has 0 saturated carbocycles. The van der Waals surface area contributed by atoms with Crippen LogP contribution in [0.25, 0.3) is 0 Å². The Bertz CT molecular complexity index is 482. The van der Waals surface area contributed by atoms with Crippen LogP contribution < -0.4 is 11.1 Å². The Morgan fingerprint density at radius 3 is 2.82 bits per heavy atom. The summed E-state index contributed by atoms with van der Waals surface area (Å²) in [5.74, 6) is 0.877. The molecule has 2 heterocycles. The minimum absolute atomic E-state index is 0.608. The van der Waals surface area contributed by atoms with Gasteiger partial charge in [-0.15, -0.1) is 11.3 Å². The summed E-state index contributed by atoms with van der Waals surface area (Å²) in [4.78, 5) is 12.7. The summed E-state index contributed by atoms with van der Waals surface area (Å²) < 4.78 is 0. The van der Waals surface area contributed by atoms with E-state index in [0.29, 0.717) is 18.2 Å². The molecule has 6 heteroatoms. The Labute approximate surface area is 104 Å². The largest absolute Gasteiger partial charge is 0.375 e. The van der Waals surface area contributed by atoms with Gasteiger partial charge in [0.1, 0.15) is 5.82 Å². The second kappa shape index (κ2) is 5.70. The zero-order chi connectivity index (χ0) is 12.1. The van der Waals surface area contributed by atoms with Gasteiger partial charge in [0, 0.05) is 31.1 Å². The highest BCUT2D eigenvalue weighted by atomic mass is 32.1. The van der Waals surface area contributed by atoms with Crippen molar-refractivity contribution in [2.45, 2.75) is 26.4 Å². The molecule has 0 unspecified atom stereocenters. The quantitative estimate of drug-likeness (QED) is 0.837. The second-order valence-electron chi connectivity index (χ2n) is 3.60. The molecule has 5 nitrogen and oxygen atoms in total. The van der Waals surface area contributed by atoms with Gasteiger partial charge in [-0.3, -0.25) is 0 Å². The minimum atomic E-state index is 0.608. The van der Waals surface area contributed by atoms with Crippen LogP contribution in [0.15, 0.2) is 17.6 Å². The first-order valence-corrected chi connectivity index (χ1v) is 6.37. The molecular weight excluding hydrogens is 234 g/mol. The number of aromatic nitrogens is 3. The van der Waals surface area contributed by atoms with Gasteiger partial charge in [0.05, 0.1) is 11.4 Å². The number of nitrogens with one attached hydrogen (secondary N) is 1. The average molecular weight is 249 g/mol. The zero-order valence-corrected chi connectivity index (χ0v) is 10.5. The van der Waals surface area contributed by atoms with Crippen molar-refractivity contribution in [2.75, 3.05) is 5.73 Å². The van der Waals surface area contributed by atoms with Crippen LogP contribution >= 0.6 is 11.3 Å². The van der Waals surface area contributed by atoms with Crippen molar-refractivity contribution in [1.29, 1.82) is 0 Å². The number of thiazole rings is 1. The van der Waals surface area contributed by atoms with E-state index in [1.54, 1.807) is 6.20 Å². The van der Waals surface area contributed by atoms with Gasteiger partial charge in [-0.2, -0.15) is 0 Å². The smallest absolute Gasteiger partial charge is 0.180 e. The first kappa shape index (κ1) is 11.9. The molecule has 0 aliphatic rings. The fourth-order valence-electron chi connectivity index (χ4n) is 1.43. The normalized spacial score (nSPS) is 10.6. The van der Waals surface area contributed by atoms with Crippen LogP contribution in [0.5, 0.6) is 0 Å². The molecule has 0 spiro atoms. The summed E-state index contributed by atoms with van der Waals surface area (Å²) in [6.45, 7) is 3.47. The summed E-state index contributed by atoms with van der Waals surface area (Å²) in [5, 5.41) is 5.85. The van der Waals surface area contributed by atoms with Crippen LogP contribution in [0.3, 0.4) is 0 Å². The Morgan fingerprint density at radius 1 is 1.29 bits per heavy atom. The number of hydrogen-bond acceptors (Lipinski definition) is 6. The van der Waals surface area contributed by atoms with E-state index in [1.807, 2.05) is 18.4 Å². The standard InChI is InChI=1S/C11H15N5S/c1-2-10-14-4-3-8(15-10)5-13-6-9-7-17-11(12)16-9/h3-4,7,13H,2,5-6H2,1H3,(H2,12,16). The van der Waals surface area contributed by atoms with E-state index in [2.05, 4.69) is 20.3 Å². The molecule has 0 bridgehead atoms. The van der Waals surface area contributed by atoms with Gasteiger partial charge in [0.15, 0.2) is 5.13 Å². The van der Waals surface area contributed by atoms with Gasteiger partial charge in [-0.05, 0) is 6.07 Å². The van der Waals surface area contributed by atoms with E-state index in [0.717, 1.165) is 23.6 Å². The number of aryl methyl sites for hydroxylation is 1. The summed E-state index contributed by atoms with van der Waals surface area (Å²) in [6, 6.07) is 1.92. The molecule has 2 rings (SSSR count). The van der Waals surface area contributed by atoms with Crippen LogP contribution in [0.1, 0.15) is 24.1 Å². The van der Waals surface area contributed by atoms with Crippen molar-refractivity contribution in [3.8, 4) is 0 Å². The summed E-state index contributed by atoms with van der Waals surface area (Å²) in [6.07, 6.45) is 2.65. The minimum Gasteiger partial charge on any atom is -0.375 e. The topological polar surface area (TPSA) is 76.7 Å². The van der Waals surface area contributed by atoms with Crippen molar-refractivity contribution < 1.29 is 0 Å². The fraction of sp³-hybridized carbons (Fsp3) is 0.364. The molecule has 17 heavy (non-hydrogen) atoms. The average Bonchev–Trinajstić information content (AvgIpc) is 2.75. The molecular formula is C11H15N5S. The maximum absolute atomic E-state index is 5.56. The molecule has 0 radical (unpaired) electrons. The van der Waals surface area contributed by atoms with Crippen molar-refractivity contribution in [1.82, 2.24) is 20.3 Å². The Hall–Kier alpha value is -1.53. The first-order valence-electron chi connectivity index (χ1n) is 5.49. The van der Waals surface area contributed by atoms with Gasteiger partial charge < -0.3 is 11.1 Å². The molecule has 2 aromatic rings. The van der Waals surface area contributed by atoms with Crippen LogP contribution in [-0.2, 0) is 19.5 Å². The summed E-state index contributed by atoms with van der Waals surface area (Å²) in [7, 11) is 0. The van der Waals surface area contributed by atoms with Crippen molar-refractivity contribution in [2.24, 2.45) is 0 Å². The van der Waals surface area contributed by atoms with Gasteiger partial charge in [0.25, 0.3) is 0 Å². The lowest BCUT2D eigenvalue weighted by Crippen LogP contribution is -2.14. The second-order valence-corrected chi connectivity index (χ2v) is 4.49. The van der Waals surface area contributed by atoms with Crippen LogP contribution in [0, 0.1) is 0 Å². The molecule has 0 aliphatic heterocycles. The maximum Gasteiger partial charge on any atom is 0.180 e. The molecule has 0 aliphatic carbocycles. The lowest BCUT2D eigenvalue weighted by atomic mass is 10.3. The Balaban J connectivity index is 1.85. The van der Waals surface area contributed by atoms with Gasteiger partial charge in [0.2, 0.25) is 0 Å². The van der Waals surface area contributed by atoms with Gasteiger partial charge >= 0.3 is 0 Å². The first-order chi connectivity index (χ1) is 8.28. The molecule has 0 saturated heterocycles. The van der Waals surface area contributed by atoms with Crippen molar-refractivity contribution in [3.05, 3.63) is 34.9 Å². The van der Waals surface area contributed by atoms with Crippen LogP contribution in [0.2, 0.25) is 0 Å². The third kappa shape index (κ3) is 3.47. The molecule has 0 atom stereocenters.